The summed E-state index contributed by atoms with van der Waals surface area (Å²) < 4.78 is 0. The average molecular weight is 238 g/mol. The highest BCUT2D eigenvalue weighted by atomic mass is 14.5. The molecule has 102 valence electrons. The van der Waals surface area contributed by atoms with Crippen LogP contribution in [-0.2, 0) is 0 Å². The van der Waals surface area contributed by atoms with Gasteiger partial charge in [0.15, 0.2) is 0 Å². The lowest BCUT2D eigenvalue weighted by Crippen LogP contribution is -2.39. The molecule has 17 heavy (non-hydrogen) atoms. The molecule has 0 nitrogen and oxygen atoms in total. The summed E-state index contributed by atoms with van der Waals surface area (Å²) in [6.07, 6.45) is 5.00. The maximum atomic E-state index is 4.29. The Balaban J connectivity index is 5.25. The number of hydrogen-bond acceptors (Lipinski definition) is 0. The molecule has 1 atom stereocenters. The Morgan fingerprint density at radius 2 is 1.47 bits per heavy atom. The van der Waals surface area contributed by atoms with Crippen molar-refractivity contribution in [1.29, 1.82) is 0 Å². The van der Waals surface area contributed by atoms with E-state index in [1.165, 1.54) is 31.3 Å². The van der Waals surface area contributed by atoms with Crippen molar-refractivity contribution in [3.05, 3.63) is 12.2 Å². The van der Waals surface area contributed by atoms with Gasteiger partial charge in [-0.05, 0) is 36.0 Å². The predicted molar refractivity (Wildman–Crippen MR) is 80.3 cm³/mol. The van der Waals surface area contributed by atoms with Crippen LogP contribution in [0.25, 0.3) is 0 Å². The Bertz CT molecular complexity index is 257. The molecule has 0 fully saturated rings. The molecular weight excluding hydrogens is 204 g/mol. The molecule has 0 aliphatic carbocycles. The molecular formula is C17H34. The molecule has 0 amide bonds. The standard InChI is InChI=1S/C17H34/c1-10-12-16(7,8)17(9,14(3)4)13-15(5,6)11-2/h3,10-13H2,1-2,4-9H3. The lowest BCUT2D eigenvalue weighted by Gasteiger charge is -2.49. The predicted octanol–water partition coefficient (Wildman–Crippen LogP) is 6.22. The lowest BCUT2D eigenvalue weighted by molar-refractivity contribution is 0.0597. The minimum atomic E-state index is 0.239. The van der Waals surface area contributed by atoms with Crippen LogP contribution >= 0.6 is 0 Å². The summed E-state index contributed by atoms with van der Waals surface area (Å²) in [4.78, 5) is 0. The van der Waals surface area contributed by atoms with Gasteiger partial charge in [0.05, 0.1) is 0 Å². The van der Waals surface area contributed by atoms with Crippen molar-refractivity contribution in [3.8, 4) is 0 Å². The van der Waals surface area contributed by atoms with Gasteiger partial charge < -0.3 is 0 Å². The topological polar surface area (TPSA) is 0 Å². The van der Waals surface area contributed by atoms with Crippen molar-refractivity contribution in [2.45, 2.75) is 81.1 Å². The Morgan fingerprint density at radius 1 is 1.00 bits per heavy atom. The molecule has 0 heterocycles. The summed E-state index contributed by atoms with van der Waals surface area (Å²) in [5.74, 6) is 0. The Kier molecular flexibility index (Phi) is 5.50. The third-order valence-electron chi connectivity index (χ3n) is 5.10. The van der Waals surface area contributed by atoms with E-state index in [1.54, 1.807) is 0 Å². The first kappa shape index (κ1) is 16.7. The molecule has 0 radical (unpaired) electrons. The van der Waals surface area contributed by atoms with Gasteiger partial charge in [-0.15, -0.1) is 0 Å². The van der Waals surface area contributed by atoms with E-state index in [0.717, 1.165) is 0 Å². The van der Waals surface area contributed by atoms with E-state index in [1.807, 2.05) is 0 Å². The maximum Gasteiger partial charge on any atom is -0.00656 e. The second-order valence-electron chi connectivity index (χ2n) is 7.44. The van der Waals surface area contributed by atoms with Crippen molar-refractivity contribution < 1.29 is 0 Å². The van der Waals surface area contributed by atoms with E-state index >= 15 is 0 Å². The van der Waals surface area contributed by atoms with Crippen LogP contribution in [0.3, 0.4) is 0 Å². The van der Waals surface area contributed by atoms with E-state index in [9.17, 15) is 0 Å². The summed E-state index contributed by atoms with van der Waals surface area (Å²) in [7, 11) is 0. The van der Waals surface area contributed by atoms with Gasteiger partial charge in [0.1, 0.15) is 0 Å². The fourth-order valence-electron chi connectivity index (χ4n) is 2.95. The van der Waals surface area contributed by atoms with Crippen LogP contribution in [0, 0.1) is 16.2 Å². The van der Waals surface area contributed by atoms with Gasteiger partial charge in [0.2, 0.25) is 0 Å². The van der Waals surface area contributed by atoms with Crippen LogP contribution < -0.4 is 0 Å². The van der Waals surface area contributed by atoms with Crippen LogP contribution in [0.5, 0.6) is 0 Å². The Labute approximate surface area is 110 Å². The first-order valence-corrected chi connectivity index (χ1v) is 7.18. The second-order valence-corrected chi connectivity index (χ2v) is 7.44. The van der Waals surface area contributed by atoms with Gasteiger partial charge >= 0.3 is 0 Å². The fourth-order valence-corrected chi connectivity index (χ4v) is 2.95. The molecule has 0 saturated heterocycles. The van der Waals surface area contributed by atoms with Gasteiger partial charge in [0, 0.05) is 0 Å². The number of allylic oxidation sites excluding steroid dienone is 1. The molecule has 0 heteroatoms. The molecule has 0 spiro atoms. The van der Waals surface area contributed by atoms with Gasteiger partial charge in [-0.2, -0.15) is 0 Å². The third kappa shape index (κ3) is 3.86. The summed E-state index contributed by atoms with van der Waals surface area (Å²) in [5.41, 5.74) is 2.32. The van der Waals surface area contributed by atoms with E-state index in [0.29, 0.717) is 10.8 Å². The van der Waals surface area contributed by atoms with E-state index in [2.05, 4.69) is 62.0 Å². The Hall–Kier alpha value is -0.260. The summed E-state index contributed by atoms with van der Waals surface area (Å²) in [5, 5.41) is 0. The molecule has 0 aliphatic heterocycles. The first-order valence-electron chi connectivity index (χ1n) is 7.18. The van der Waals surface area contributed by atoms with Gasteiger partial charge in [-0.25, -0.2) is 0 Å². The van der Waals surface area contributed by atoms with Gasteiger partial charge in [-0.1, -0.05) is 73.5 Å². The zero-order chi connectivity index (χ0) is 13.9. The van der Waals surface area contributed by atoms with Crippen LogP contribution in [0.4, 0.5) is 0 Å². The van der Waals surface area contributed by atoms with Crippen molar-refractivity contribution >= 4 is 0 Å². The van der Waals surface area contributed by atoms with Crippen molar-refractivity contribution in [3.63, 3.8) is 0 Å². The zero-order valence-corrected chi connectivity index (χ0v) is 13.5. The zero-order valence-electron chi connectivity index (χ0n) is 13.5. The van der Waals surface area contributed by atoms with Crippen LogP contribution in [0.1, 0.15) is 81.1 Å². The minimum absolute atomic E-state index is 0.239. The number of hydrogen-bond donors (Lipinski definition) is 0. The van der Waals surface area contributed by atoms with Gasteiger partial charge in [0.25, 0.3) is 0 Å². The van der Waals surface area contributed by atoms with Crippen molar-refractivity contribution in [2.75, 3.05) is 0 Å². The molecule has 0 aromatic heterocycles. The van der Waals surface area contributed by atoms with E-state index in [-0.39, 0.29) is 5.41 Å². The number of rotatable bonds is 7. The summed E-state index contributed by atoms with van der Waals surface area (Å²) >= 11 is 0. The molecule has 0 rings (SSSR count). The molecule has 0 bridgehead atoms. The fraction of sp³-hybridized carbons (Fsp3) is 0.882. The SMILES string of the molecule is C=C(C)C(C)(CC(C)(C)CC)C(C)(C)CCC. The first-order chi connectivity index (χ1) is 7.52. The molecule has 0 N–H and O–H groups in total. The Morgan fingerprint density at radius 3 is 1.76 bits per heavy atom. The molecule has 0 aromatic rings. The maximum absolute atomic E-state index is 4.29. The lowest BCUT2D eigenvalue weighted by atomic mass is 9.56. The minimum Gasteiger partial charge on any atom is -0.0996 e. The molecule has 1 unspecified atom stereocenters. The summed E-state index contributed by atoms with van der Waals surface area (Å²) in [6.45, 7) is 23.1. The summed E-state index contributed by atoms with van der Waals surface area (Å²) in [6, 6.07) is 0. The van der Waals surface area contributed by atoms with Crippen molar-refractivity contribution in [2.24, 2.45) is 16.2 Å². The van der Waals surface area contributed by atoms with Crippen molar-refractivity contribution in [1.82, 2.24) is 0 Å². The monoisotopic (exact) mass is 238 g/mol. The molecule has 0 aliphatic rings. The highest BCUT2D eigenvalue weighted by Gasteiger charge is 2.43. The normalized spacial score (nSPS) is 16.7. The van der Waals surface area contributed by atoms with Crippen LogP contribution in [0.15, 0.2) is 12.2 Å². The molecule has 0 saturated carbocycles. The third-order valence-corrected chi connectivity index (χ3v) is 5.10. The molecule has 0 aromatic carbocycles. The second kappa shape index (κ2) is 5.59. The van der Waals surface area contributed by atoms with E-state index in [4.69, 9.17) is 0 Å². The van der Waals surface area contributed by atoms with Crippen LogP contribution in [-0.4, -0.2) is 0 Å². The highest BCUT2D eigenvalue weighted by molar-refractivity contribution is 5.12. The highest BCUT2D eigenvalue weighted by Crippen LogP contribution is 2.53. The van der Waals surface area contributed by atoms with E-state index < -0.39 is 0 Å². The van der Waals surface area contributed by atoms with Crippen LogP contribution in [0.2, 0.25) is 0 Å². The smallest absolute Gasteiger partial charge is 0.00656 e. The average Bonchev–Trinajstić information content (AvgIpc) is 2.16. The quantitative estimate of drug-likeness (QED) is 0.462. The van der Waals surface area contributed by atoms with Gasteiger partial charge in [-0.3, -0.25) is 0 Å². The largest absolute Gasteiger partial charge is 0.0996 e.